The smallest absolute Gasteiger partial charge is 0.377 e. The first-order valence-corrected chi connectivity index (χ1v) is 11.7. The minimum atomic E-state index is -1.77. The fraction of sp³-hybridized carbons (Fsp3) is 0.625. The van der Waals surface area contributed by atoms with Gasteiger partial charge in [0.2, 0.25) is 5.91 Å². The summed E-state index contributed by atoms with van der Waals surface area (Å²) < 4.78 is 27.1. The van der Waals surface area contributed by atoms with Crippen LogP contribution in [-0.4, -0.2) is 113 Å². The highest BCUT2D eigenvalue weighted by atomic mass is 16.7. The molecule has 206 valence electrons. The van der Waals surface area contributed by atoms with Crippen molar-refractivity contribution in [3.05, 3.63) is 35.9 Å². The fourth-order valence-corrected chi connectivity index (χ4v) is 4.37. The molecule has 2 heterocycles. The summed E-state index contributed by atoms with van der Waals surface area (Å²) in [4.78, 5) is 37.1. The van der Waals surface area contributed by atoms with E-state index in [1.54, 1.807) is 37.3 Å². The van der Waals surface area contributed by atoms with E-state index in [1.807, 2.05) is 0 Å². The lowest BCUT2D eigenvalue weighted by Crippen LogP contribution is -2.67. The normalized spacial score (nSPS) is 36.0. The van der Waals surface area contributed by atoms with Gasteiger partial charge in [-0.2, -0.15) is 0 Å². The first-order valence-electron chi connectivity index (χ1n) is 11.7. The Hall–Kier alpha value is -2.49. The summed E-state index contributed by atoms with van der Waals surface area (Å²) in [5.74, 6) is -2.91. The largest absolute Gasteiger partial charge is 0.455 e. The number of carbonyl (C=O) groups is 3. The van der Waals surface area contributed by atoms with Gasteiger partial charge >= 0.3 is 5.97 Å². The van der Waals surface area contributed by atoms with Crippen molar-refractivity contribution in [1.29, 1.82) is 0 Å². The number of benzene rings is 1. The number of hydrogen-bond acceptors (Lipinski definition) is 12. The zero-order chi connectivity index (χ0) is 27.3. The number of nitrogens with one attached hydrogen (secondary N) is 1. The lowest BCUT2D eigenvalue weighted by atomic mass is 9.92. The van der Waals surface area contributed by atoms with Crippen molar-refractivity contribution < 1.29 is 58.5 Å². The van der Waals surface area contributed by atoms with Crippen LogP contribution in [0, 0.1) is 0 Å². The van der Waals surface area contributed by atoms with Crippen molar-refractivity contribution in [1.82, 2.24) is 5.32 Å². The van der Waals surface area contributed by atoms with Crippen LogP contribution in [0.4, 0.5) is 0 Å². The molecule has 3 rings (SSSR count). The predicted octanol–water partition coefficient (Wildman–Crippen LogP) is -2.21. The Labute approximate surface area is 213 Å². The lowest BCUT2D eigenvalue weighted by Gasteiger charge is -2.47. The Morgan fingerprint density at radius 1 is 1.00 bits per heavy atom. The number of rotatable bonds is 9. The van der Waals surface area contributed by atoms with Gasteiger partial charge in [-0.3, -0.25) is 9.59 Å². The SMILES string of the molecule is CO[C@@H]1C(C(=O)C(=O)OCc2ccccc2)O[C@@H](OC2C(NC(C)=O)[C@H](C)OC(CO)[C@H]2O)C(O)C1O. The maximum Gasteiger partial charge on any atom is 0.377 e. The molecule has 2 fully saturated rings. The third-order valence-electron chi connectivity index (χ3n) is 6.30. The van der Waals surface area contributed by atoms with Gasteiger partial charge in [0.05, 0.1) is 18.8 Å². The number of Topliss-reactive ketones (excluding diaryl/α,β-unsaturated/α-hetero) is 1. The molecule has 0 saturated carbocycles. The van der Waals surface area contributed by atoms with Gasteiger partial charge in [0, 0.05) is 14.0 Å². The van der Waals surface area contributed by atoms with E-state index in [1.165, 1.54) is 6.92 Å². The van der Waals surface area contributed by atoms with Crippen LogP contribution in [0.5, 0.6) is 0 Å². The number of ether oxygens (including phenoxy) is 5. The van der Waals surface area contributed by atoms with E-state index in [9.17, 15) is 34.8 Å². The Kier molecular flexibility index (Phi) is 10.1. The summed E-state index contributed by atoms with van der Waals surface area (Å²) in [5.41, 5.74) is 0.637. The first-order chi connectivity index (χ1) is 17.6. The predicted molar refractivity (Wildman–Crippen MR) is 123 cm³/mol. The number of carbonyl (C=O) groups excluding carboxylic acids is 3. The van der Waals surface area contributed by atoms with Crippen LogP contribution in [0.15, 0.2) is 30.3 Å². The highest BCUT2D eigenvalue weighted by Gasteiger charge is 2.53. The van der Waals surface area contributed by atoms with Gasteiger partial charge in [-0.15, -0.1) is 0 Å². The number of methoxy groups -OCH3 is 1. The average Bonchev–Trinajstić information content (AvgIpc) is 2.88. The van der Waals surface area contributed by atoms with Crippen LogP contribution in [-0.2, 0) is 44.7 Å². The number of esters is 1. The summed E-state index contributed by atoms with van der Waals surface area (Å²) >= 11 is 0. The minimum absolute atomic E-state index is 0.187. The number of hydrogen-bond donors (Lipinski definition) is 5. The topological polar surface area (TPSA) is 190 Å². The second-order valence-electron chi connectivity index (χ2n) is 8.91. The molecule has 10 atom stereocenters. The van der Waals surface area contributed by atoms with E-state index in [-0.39, 0.29) is 6.61 Å². The molecule has 0 radical (unpaired) electrons. The van der Waals surface area contributed by atoms with Crippen LogP contribution in [0.1, 0.15) is 19.4 Å². The highest BCUT2D eigenvalue weighted by Crippen LogP contribution is 2.30. The molecular formula is C24H33NO12. The molecule has 37 heavy (non-hydrogen) atoms. The van der Waals surface area contributed by atoms with E-state index in [2.05, 4.69) is 5.32 Å². The molecule has 0 aliphatic carbocycles. The van der Waals surface area contributed by atoms with Crippen LogP contribution in [0.2, 0.25) is 0 Å². The van der Waals surface area contributed by atoms with E-state index < -0.39 is 85.4 Å². The fourth-order valence-electron chi connectivity index (χ4n) is 4.37. The van der Waals surface area contributed by atoms with Crippen molar-refractivity contribution in [2.24, 2.45) is 0 Å². The number of ketones is 1. The second kappa shape index (κ2) is 12.8. The zero-order valence-corrected chi connectivity index (χ0v) is 20.6. The molecule has 2 saturated heterocycles. The molecular weight excluding hydrogens is 494 g/mol. The number of aliphatic hydroxyl groups excluding tert-OH is 4. The summed E-state index contributed by atoms with van der Waals surface area (Å²) in [6, 6.07) is 7.68. The van der Waals surface area contributed by atoms with E-state index in [0.717, 1.165) is 7.11 Å². The molecule has 0 spiro atoms. The summed E-state index contributed by atoms with van der Waals surface area (Å²) in [6.07, 6.45) is -13.0. The van der Waals surface area contributed by atoms with Crippen molar-refractivity contribution in [2.45, 2.75) is 81.6 Å². The Morgan fingerprint density at radius 3 is 2.27 bits per heavy atom. The second-order valence-corrected chi connectivity index (χ2v) is 8.91. The highest BCUT2D eigenvalue weighted by molar-refractivity contribution is 6.35. The van der Waals surface area contributed by atoms with Gasteiger partial charge in [0.25, 0.3) is 5.78 Å². The van der Waals surface area contributed by atoms with Gasteiger partial charge in [-0.25, -0.2) is 4.79 Å². The van der Waals surface area contributed by atoms with Gasteiger partial charge < -0.3 is 49.4 Å². The Morgan fingerprint density at radius 2 is 1.68 bits per heavy atom. The van der Waals surface area contributed by atoms with E-state index in [0.29, 0.717) is 5.56 Å². The molecule has 0 bridgehead atoms. The minimum Gasteiger partial charge on any atom is -0.455 e. The first kappa shape index (κ1) is 29.1. The van der Waals surface area contributed by atoms with Crippen molar-refractivity contribution in [3.63, 3.8) is 0 Å². The average molecular weight is 528 g/mol. The molecule has 1 amide bonds. The summed E-state index contributed by atoms with van der Waals surface area (Å²) in [6.45, 7) is 2.06. The standard InChI is InChI=1S/C24H33NO12/c1-11-15(25-12(2)27)20(16(28)14(9-26)35-11)36-24-18(30)17(29)21(33-3)22(37-24)19(31)23(32)34-10-13-7-5-4-6-8-13/h4-8,11,14-18,20-22,24,26,28-30H,9-10H2,1-3H3,(H,25,27)/t11-,14?,15?,16+,17?,18?,20?,21-,22?,24+/m0/s1. The molecule has 1 aromatic rings. The van der Waals surface area contributed by atoms with E-state index in [4.69, 9.17) is 23.7 Å². The molecule has 13 heteroatoms. The third-order valence-corrected chi connectivity index (χ3v) is 6.30. The number of aliphatic hydroxyl groups is 4. The van der Waals surface area contributed by atoms with Crippen LogP contribution < -0.4 is 5.32 Å². The summed E-state index contributed by atoms with van der Waals surface area (Å²) in [5, 5.41) is 44.2. The summed E-state index contributed by atoms with van der Waals surface area (Å²) in [7, 11) is 1.16. The Balaban J connectivity index is 1.79. The Bertz CT molecular complexity index is 930. The molecule has 13 nitrogen and oxygen atoms in total. The molecule has 2 aliphatic rings. The van der Waals surface area contributed by atoms with Crippen molar-refractivity contribution in [3.8, 4) is 0 Å². The van der Waals surface area contributed by atoms with Crippen molar-refractivity contribution in [2.75, 3.05) is 13.7 Å². The zero-order valence-electron chi connectivity index (χ0n) is 20.6. The van der Waals surface area contributed by atoms with Crippen LogP contribution >= 0.6 is 0 Å². The van der Waals surface area contributed by atoms with Crippen LogP contribution in [0.25, 0.3) is 0 Å². The molecule has 6 unspecified atom stereocenters. The quantitative estimate of drug-likeness (QED) is 0.172. The monoisotopic (exact) mass is 527 g/mol. The van der Waals surface area contributed by atoms with Gasteiger partial charge in [0.1, 0.15) is 43.2 Å². The maximum atomic E-state index is 12.9. The third kappa shape index (κ3) is 6.69. The molecule has 0 aromatic heterocycles. The molecule has 2 aliphatic heterocycles. The number of amides is 1. The van der Waals surface area contributed by atoms with Crippen LogP contribution in [0.3, 0.4) is 0 Å². The van der Waals surface area contributed by atoms with Gasteiger partial charge in [-0.05, 0) is 12.5 Å². The molecule has 1 aromatic carbocycles. The molecule has 5 N–H and O–H groups in total. The van der Waals surface area contributed by atoms with E-state index >= 15 is 0 Å². The van der Waals surface area contributed by atoms with Gasteiger partial charge in [-0.1, -0.05) is 30.3 Å². The van der Waals surface area contributed by atoms with Gasteiger partial charge in [0.15, 0.2) is 12.4 Å². The maximum absolute atomic E-state index is 12.9. The van der Waals surface area contributed by atoms with Crippen molar-refractivity contribution >= 4 is 17.7 Å². The lowest BCUT2D eigenvalue weighted by molar-refractivity contribution is -0.325.